The Morgan fingerprint density at radius 2 is 1.72 bits per heavy atom. The number of furan rings is 1. The molecule has 0 bridgehead atoms. The summed E-state index contributed by atoms with van der Waals surface area (Å²) in [6.45, 7) is 0. The van der Waals surface area contributed by atoms with Crippen LogP contribution in [-0.2, 0) is 0 Å². The zero-order valence-electron chi connectivity index (χ0n) is 18.9. The number of fused-ring (bicyclic) bond motifs is 2. The van der Waals surface area contributed by atoms with Crippen molar-refractivity contribution in [3.63, 3.8) is 0 Å². The Morgan fingerprint density at radius 3 is 2.44 bits per heavy atom. The van der Waals surface area contributed by atoms with Crippen molar-refractivity contribution < 1.29 is 18.7 Å². The first-order valence-corrected chi connectivity index (χ1v) is 12.6. The first kappa shape index (κ1) is 22.3. The fraction of sp³-hybridized carbons (Fsp3) is 0.0370. The van der Waals surface area contributed by atoms with Crippen LogP contribution in [0.2, 0.25) is 0 Å². The molecule has 0 fully saturated rings. The molecular formula is C27H17N3O4S2. The number of carbonyl (C=O) groups is 2. The molecule has 9 heteroatoms. The smallest absolute Gasteiger partial charge is 0.266 e. The quantitative estimate of drug-likeness (QED) is 0.189. The van der Waals surface area contributed by atoms with E-state index in [2.05, 4.69) is 9.98 Å². The molecule has 0 saturated heterocycles. The first-order chi connectivity index (χ1) is 17.6. The van der Waals surface area contributed by atoms with E-state index < -0.39 is 0 Å². The number of amides is 2. The molecule has 3 aromatic carbocycles. The Hall–Kier alpha value is -4.21. The molecular weight excluding hydrogens is 494 g/mol. The second-order valence-electron chi connectivity index (χ2n) is 7.84. The number of anilines is 1. The van der Waals surface area contributed by atoms with Crippen LogP contribution >= 0.6 is 23.1 Å². The lowest BCUT2D eigenvalue weighted by atomic mass is 10.1. The molecule has 1 aliphatic heterocycles. The molecule has 6 rings (SSSR count). The van der Waals surface area contributed by atoms with E-state index in [1.165, 1.54) is 28.0 Å². The van der Waals surface area contributed by atoms with Crippen LogP contribution < -0.4 is 9.64 Å². The van der Waals surface area contributed by atoms with Crippen LogP contribution in [0.15, 0.2) is 97.7 Å². The van der Waals surface area contributed by atoms with Gasteiger partial charge in [0.05, 0.1) is 46.0 Å². The standard InChI is InChI=1S/C27H17N3O4S2/c1-33-18-9-6-16(7-10-18)28-15-19-11-13-24(34-19)36-27-29-22-12-8-17(14-23(22)35-27)30-25(31)20-4-2-3-5-21(20)26(30)32/h2-15H,1H3. The van der Waals surface area contributed by atoms with Crippen LogP contribution in [0.3, 0.4) is 0 Å². The van der Waals surface area contributed by atoms with Gasteiger partial charge in [0.2, 0.25) is 0 Å². The number of aromatic nitrogens is 1. The van der Waals surface area contributed by atoms with Crippen molar-refractivity contribution in [1.82, 2.24) is 4.98 Å². The lowest BCUT2D eigenvalue weighted by Crippen LogP contribution is -2.29. The first-order valence-electron chi connectivity index (χ1n) is 10.9. The van der Waals surface area contributed by atoms with Gasteiger partial charge in [-0.2, -0.15) is 0 Å². The minimum atomic E-state index is -0.312. The predicted octanol–water partition coefficient (Wildman–Crippen LogP) is 6.60. The van der Waals surface area contributed by atoms with E-state index in [4.69, 9.17) is 9.15 Å². The fourth-order valence-corrected chi connectivity index (χ4v) is 5.85. The second kappa shape index (κ2) is 9.10. The van der Waals surface area contributed by atoms with Crippen molar-refractivity contribution >= 4 is 62.7 Å². The monoisotopic (exact) mass is 511 g/mol. The van der Waals surface area contributed by atoms with Gasteiger partial charge in [0.15, 0.2) is 9.43 Å². The largest absolute Gasteiger partial charge is 0.497 e. The normalized spacial score (nSPS) is 13.2. The number of methoxy groups -OCH3 is 1. The summed E-state index contributed by atoms with van der Waals surface area (Å²) in [6, 6.07) is 23.4. The fourth-order valence-electron chi connectivity index (χ4n) is 3.85. The number of thiazole rings is 1. The van der Waals surface area contributed by atoms with Crippen molar-refractivity contribution in [2.24, 2.45) is 4.99 Å². The van der Waals surface area contributed by atoms with E-state index in [0.717, 1.165) is 26.0 Å². The predicted molar refractivity (Wildman–Crippen MR) is 140 cm³/mol. The SMILES string of the molecule is COc1ccc(N=Cc2ccc(Sc3nc4ccc(N5C(=O)c6ccccc6C5=O)cc4s3)o2)cc1. The molecule has 5 aromatic rings. The molecule has 1 aliphatic rings. The van der Waals surface area contributed by atoms with E-state index in [0.29, 0.717) is 27.7 Å². The number of imide groups is 1. The van der Waals surface area contributed by atoms with Crippen molar-refractivity contribution in [3.8, 4) is 5.75 Å². The van der Waals surface area contributed by atoms with Crippen LogP contribution in [0, 0.1) is 0 Å². The summed E-state index contributed by atoms with van der Waals surface area (Å²) < 4.78 is 12.7. The summed E-state index contributed by atoms with van der Waals surface area (Å²) in [7, 11) is 1.62. The molecule has 7 nitrogen and oxygen atoms in total. The third-order valence-electron chi connectivity index (χ3n) is 5.61. The van der Waals surface area contributed by atoms with Gasteiger partial charge >= 0.3 is 0 Å². The average molecular weight is 512 g/mol. The van der Waals surface area contributed by atoms with Gasteiger partial charge in [-0.15, -0.1) is 11.3 Å². The van der Waals surface area contributed by atoms with Crippen molar-refractivity contribution in [2.45, 2.75) is 9.43 Å². The topological polar surface area (TPSA) is 85.0 Å². The number of benzene rings is 3. The summed E-state index contributed by atoms with van der Waals surface area (Å²) in [5.74, 6) is 0.779. The van der Waals surface area contributed by atoms with Gasteiger partial charge in [-0.3, -0.25) is 14.6 Å². The Morgan fingerprint density at radius 1 is 0.972 bits per heavy atom. The third-order valence-corrected chi connectivity index (χ3v) is 7.61. The van der Waals surface area contributed by atoms with Crippen LogP contribution in [0.25, 0.3) is 10.2 Å². The number of hydrogen-bond acceptors (Lipinski definition) is 8. The zero-order valence-corrected chi connectivity index (χ0v) is 20.5. The molecule has 0 atom stereocenters. The van der Waals surface area contributed by atoms with Crippen LogP contribution in [0.1, 0.15) is 26.5 Å². The molecule has 0 unspecified atom stereocenters. The maximum atomic E-state index is 12.8. The maximum Gasteiger partial charge on any atom is 0.266 e. The van der Waals surface area contributed by atoms with Gasteiger partial charge in [-0.25, -0.2) is 9.88 Å². The number of aliphatic imine (C=N–C) groups is 1. The van der Waals surface area contributed by atoms with Gasteiger partial charge in [0.25, 0.3) is 11.8 Å². The van der Waals surface area contributed by atoms with Gasteiger partial charge < -0.3 is 9.15 Å². The number of hydrogen-bond donors (Lipinski definition) is 0. The highest BCUT2D eigenvalue weighted by atomic mass is 32.2. The van der Waals surface area contributed by atoms with Crippen molar-refractivity contribution in [2.75, 3.05) is 12.0 Å². The molecule has 2 aromatic heterocycles. The minimum Gasteiger partial charge on any atom is -0.497 e. The third kappa shape index (κ3) is 4.08. The van der Waals surface area contributed by atoms with E-state index in [9.17, 15) is 9.59 Å². The highest BCUT2D eigenvalue weighted by Crippen LogP contribution is 2.37. The second-order valence-corrected chi connectivity index (χ2v) is 10.1. The van der Waals surface area contributed by atoms with E-state index in [1.807, 2.05) is 48.5 Å². The summed E-state index contributed by atoms with van der Waals surface area (Å²) in [5.41, 5.74) is 2.96. The van der Waals surface area contributed by atoms with E-state index >= 15 is 0 Å². The lowest BCUT2D eigenvalue weighted by Gasteiger charge is -2.13. The molecule has 36 heavy (non-hydrogen) atoms. The minimum absolute atomic E-state index is 0.312. The highest BCUT2D eigenvalue weighted by Gasteiger charge is 2.36. The Balaban J connectivity index is 1.19. The molecule has 0 saturated carbocycles. The van der Waals surface area contributed by atoms with E-state index in [-0.39, 0.29) is 11.8 Å². The number of carbonyl (C=O) groups excluding carboxylic acids is 2. The highest BCUT2D eigenvalue weighted by molar-refractivity contribution is 8.01. The van der Waals surface area contributed by atoms with Crippen molar-refractivity contribution in [3.05, 3.63) is 95.7 Å². The molecule has 3 heterocycles. The number of rotatable bonds is 6. The average Bonchev–Trinajstić information content (AvgIpc) is 3.59. The van der Waals surface area contributed by atoms with Crippen molar-refractivity contribution in [1.29, 1.82) is 0 Å². The molecule has 0 aliphatic carbocycles. The Labute approximate surface area is 214 Å². The number of nitrogens with zero attached hydrogens (tertiary/aromatic N) is 3. The van der Waals surface area contributed by atoms with E-state index in [1.54, 1.807) is 43.7 Å². The molecule has 0 radical (unpaired) electrons. The zero-order chi connectivity index (χ0) is 24.6. The van der Waals surface area contributed by atoms with Crippen LogP contribution in [0.5, 0.6) is 5.75 Å². The van der Waals surface area contributed by atoms with Crippen LogP contribution in [-0.4, -0.2) is 30.1 Å². The van der Waals surface area contributed by atoms with Crippen LogP contribution in [0.4, 0.5) is 11.4 Å². The molecule has 176 valence electrons. The van der Waals surface area contributed by atoms with Gasteiger partial charge in [0, 0.05) is 0 Å². The summed E-state index contributed by atoms with van der Waals surface area (Å²) in [6.07, 6.45) is 1.67. The van der Waals surface area contributed by atoms with Gasteiger partial charge in [0.1, 0.15) is 11.5 Å². The summed E-state index contributed by atoms with van der Waals surface area (Å²) in [5, 5.41) is 0.686. The molecule has 0 N–H and O–H groups in total. The molecule has 0 spiro atoms. The lowest BCUT2D eigenvalue weighted by molar-refractivity contribution is 0.0926. The Bertz CT molecular complexity index is 1620. The summed E-state index contributed by atoms with van der Waals surface area (Å²) >= 11 is 2.88. The van der Waals surface area contributed by atoms with Gasteiger partial charge in [-0.1, -0.05) is 12.1 Å². The summed E-state index contributed by atoms with van der Waals surface area (Å²) in [4.78, 5) is 36.0. The maximum absolute atomic E-state index is 12.8. The molecule has 2 amide bonds. The number of ether oxygens (including phenoxy) is 1. The Kier molecular flexibility index (Phi) is 5.63. The van der Waals surface area contributed by atoms with Gasteiger partial charge in [-0.05, 0) is 78.5 Å².